The molecular weight excluding hydrogens is 444 g/mol. The van der Waals surface area contributed by atoms with E-state index in [0.29, 0.717) is 24.2 Å². The van der Waals surface area contributed by atoms with Crippen molar-refractivity contribution in [2.45, 2.75) is 30.6 Å². The molecule has 1 aliphatic rings. The normalized spacial score (nSPS) is 18.8. The summed E-state index contributed by atoms with van der Waals surface area (Å²) in [5.74, 6) is 1.55. The second-order valence-corrected chi connectivity index (χ2v) is 10.0. The molecule has 10 nitrogen and oxygen atoms in total. The molecule has 0 aliphatic heterocycles. The molecule has 1 aliphatic carbocycles. The Morgan fingerprint density at radius 1 is 0.970 bits per heavy atom. The van der Waals surface area contributed by atoms with Gasteiger partial charge < -0.3 is 11.1 Å². The summed E-state index contributed by atoms with van der Waals surface area (Å²) in [6, 6.07) is 13.0. The minimum atomic E-state index is -3.95. The number of nitrogens with two attached hydrogens (primary N) is 1. The monoisotopic (exact) mass is 470 g/mol. The summed E-state index contributed by atoms with van der Waals surface area (Å²) in [5.41, 5.74) is 6.41. The highest BCUT2D eigenvalue weighted by molar-refractivity contribution is 7.89. The number of nitro benzene ring substituents is 1. The van der Waals surface area contributed by atoms with Gasteiger partial charge in [-0.15, -0.1) is 0 Å². The molecule has 1 fully saturated rings. The smallest absolute Gasteiger partial charge is 0.289 e. The predicted octanol–water partition coefficient (Wildman–Crippen LogP) is 3.32. The Kier molecular flexibility index (Phi) is 6.70. The fourth-order valence-electron chi connectivity index (χ4n) is 4.20. The molecule has 2 aromatic carbocycles. The minimum Gasteiger partial charge on any atom is -0.383 e. The minimum absolute atomic E-state index is 0.186. The van der Waals surface area contributed by atoms with Crippen LogP contribution in [0.15, 0.2) is 53.4 Å². The van der Waals surface area contributed by atoms with Crippen LogP contribution in [0.3, 0.4) is 0 Å². The van der Waals surface area contributed by atoms with Gasteiger partial charge in [-0.05, 0) is 55.7 Å². The zero-order valence-electron chi connectivity index (χ0n) is 18.0. The van der Waals surface area contributed by atoms with Crippen molar-refractivity contribution in [3.8, 4) is 0 Å². The lowest BCUT2D eigenvalue weighted by Gasteiger charge is -2.28. The van der Waals surface area contributed by atoms with Crippen LogP contribution in [0.2, 0.25) is 0 Å². The SMILES string of the molecule is Nc1nc(NCC2CCC(CNS(=O)(=O)c3ccccc3[N+](=O)[O-])CC2)nc2ccccc12. The van der Waals surface area contributed by atoms with E-state index in [4.69, 9.17) is 5.73 Å². The third kappa shape index (κ3) is 5.37. The van der Waals surface area contributed by atoms with E-state index in [0.717, 1.165) is 36.6 Å². The molecule has 0 saturated heterocycles. The summed E-state index contributed by atoms with van der Waals surface area (Å²) in [6.45, 7) is 0.977. The molecule has 4 N–H and O–H groups in total. The summed E-state index contributed by atoms with van der Waals surface area (Å²) < 4.78 is 27.7. The number of fused-ring (bicyclic) bond motifs is 1. The molecule has 0 bridgehead atoms. The molecule has 1 aromatic heterocycles. The fourth-order valence-corrected chi connectivity index (χ4v) is 5.48. The van der Waals surface area contributed by atoms with Crippen molar-refractivity contribution in [3.05, 3.63) is 58.6 Å². The Labute approximate surface area is 191 Å². The van der Waals surface area contributed by atoms with E-state index in [1.54, 1.807) is 0 Å². The average molecular weight is 471 g/mol. The Morgan fingerprint density at radius 2 is 1.61 bits per heavy atom. The average Bonchev–Trinajstić information content (AvgIpc) is 2.82. The Bertz CT molecular complexity index is 1260. The third-order valence-electron chi connectivity index (χ3n) is 6.06. The van der Waals surface area contributed by atoms with Gasteiger partial charge in [0.25, 0.3) is 5.69 Å². The lowest BCUT2D eigenvalue weighted by atomic mass is 9.82. The van der Waals surface area contributed by atoms with Crippen LogP contribution in [0.1, 0.15) is 25.7 Å². The second-order valence-electron chi connectivity index (χ2n) is 8.29. The number of nitrogen functional groups attached to an aromatic ring is 1. The number of nitrogens with zero attached hydrogens (tertiary/aromatic N) is 3. The van der Waals surface area contributed by atoms with Crippen molar-refractivity contribution < 1.29 is 13.3 Å². The van der Waals surface area contributed by atoms with Gasteiger partial charge in [-0.3, -0.25) is 10.1 Å². The number of hydrogen-bond donors (Lipinski definition) is 3. The van der Waals surface area contributed by atoms with Crippen molar-refractivity contribution >= 4 is 38.4 Å². The fraction of sp³-hybridized carbons (Fsp3) is 0.364. The van der Waals surface area contributed by atoms with Crippen LogP contribution in [0, 0.1) is 22.0 Å². The Hall–Kier alpha value is -3.31. The third-order valence-corrected chi connectivity index (χ3v) is 7.53. The highest BCUT2D eigenvalue weighted by Crippen LogP contribution is 2.30. The highest BCUT2D eigenvalue weighted by atomic mass is 32.2. The van der Waals surface area contributed by atoms with Crippen LogP contribution in [-0.4, -0.2) is 36.4 Å². The van der Waals surface area contributed by atoms with Gasteiger partial charge in [0.2, 0.25) is 16.0 Å². The van der Waals surface area contributed by atoms with E-state index in [9.17, 15) is 18.5 Å². The van der Waals surface area contributed by atoms with Crippen molar-refractivity contribution in [1.82, 2.24) is 14.7 Å². The number of aromatic nitrogens is 2. The van der Waals surface area contributed by atoms with E-state index in [1.165, 1.54) is 24.3 Å². The van der Waals surface area contributed by atoms with Crippen LogP contribution in [0.5, 0.6) is 0 Å². The number of nitrogens with one attached hydrogen (secondary N) is 2. The molecule has 0 unspecified atom stereocenters. The lowest BCUT2D eigenvalue weighted by molar-refractivity contribution is -0.387. The summed E-state index contributed by atoms with van der Waals surface area (Å²) >= 11 is 0. The quantitative estimate of drug-likeness (QED) is 0.335. The van der Waals surface area contributed by atoms with Gasteiger partial charge in [0.15, 0.2) is 4.90 Å². The summed E-state index contributed by atoms with van der Waals surface area (Å²) in [4.78, 5) is 19.0. The molecule has 1 heterocycles. The van der Waals surface area contributed by atoms with E-state index >= 15 is 0 Å². The van der Waals surface area contributed by atoms with Crippen LogP contribution < -0.4 is 15.8 Å². The van der Waals surface area contributed by atoms with Crippen molar-refractivity contribution in [3.63, 3.8) is 0 Å². The van der Waals surface area contributed by atoms with Crippen molar-refractivity contribution in [2.75, 3.05) is 24.1 Å². The van der Waals surface area contributed by atoms with E-state index < -0.39 is 20.6 Å². The number of rotatable bonds is 8. The van der Waals surface area contributed by atoms with E-state index in [1.807, 2.05) is 24.3 Å². The molecule has 0 atom stereocenters. The standard InChI is InChI=1S/C22H26N6O4S/c23-21-17-5-1-2-6-18(17)26-22(27-21)24-13-15-9-11-16(12-10-15)14-25-33(31,32)20-8-4-3-7-19(20)28(29)30/h1-8,15-16,25H,9-14H2,(H3,23,24,26,27). The molecule has 0 spiro atoms. The molecule has 174 valence electrons. The second kappa shape index (κ2) is 9.67. The topological polar surface area (TPSA) is 153 Å². The van der Waals surface area contributed by atoms with E-state index in [-0.39, 0.29) is 17.4 Å². The molecular formula is C22H26N6O4S. The molecule has 3 aromatic rings. The van der Waals surface area contributed by atoms with Gasteiger partial charge >= 0.3 is 0 Å². The van der Waals surface area contributed by atoms with E-state index in [2.05, 4.69) is 20.0 Å². The first kappa shape index (κ1) is 22.9. The number of anilines is 2. The van der Waals surface area contributed by atoms with Crippen LogP contribution >= 0.6 is 0 Å². The van der Waals surface area contributed by atoms with Gasteiger partial charge in [-0.25, -0.2) is 18.1 Å². The van der Waals surface area contributed by atoms with Gasteiger partial charge in [-0.1, -0.05) is 24.3 Å². The van der Waals surface area contributed by atoms with Gasteiger partial charge in [-0.2, -0.15) is 4.98 Å². The maximum absolute atomic E-state index is 12.6. The largest absolute Gasteiger partial charge is 0.383 e. The maximum atomic E-state index is 12.6. The number of para-hydroxylation sites is 2. The first-order valence-corrected chi connectivity index (χ1v) is 12.3. The van der Waals surface area contributed by atoms with Crippen LogP contribution in [0.4, 0.5) is 17.5 Å². The summed E-state index contributed by atoms with van der Waals surface area (Å²) in [6.07, 6.45) is 3.61. The van der Waals surface area contributed by atoms with Crippen LogP contribution in [-0.2, 0) is 10.0 Å². The molecule has 4 rings (SSSR count). The Balaban J connectivity index is 1.28. The zero-order valence-corrected chi connectivity index (χ0v) is 18.8. The molecule has 33 heavy (non-hydrogen) atoms. The number of nitro groups is 1. The zero-order chi connectivity index (χ0) is 23.4. The van der Waals surface area contributed by atoms with Crippen molar-refractivity contribution in [1.29, 1.82) is 0 Å². The molecule has 1 saturated carbocycles. The van der Waals surface area contributed by atoms with Gasteiger partial charge in [0.1, 0.15) is 5.82 Å². The molecule has 0 radical (unpaired) electrons. The number of sulfonamides is 1. The molecule has 11 heteroatoms. The summed E-state index contributed by atoms with van der Waals surface area (Å²) in [7, 11) is -3.95. The number of benzene rings is 2. The first-order chi connectivity index (χ1) is 15.8. The highest BCUT2D eigenvalue weighted by Gasteiger charge is 2.27. The van der Waals surface area contributed by atoms with Crippen LogP contribution in [0.25, 0.3) is 10.9 Å². The first-order valence-electron chi connectivity index (χ1n) is 10.8. The number of hydrogen-bond acceptors (Lipinski definition) is 8. The summed E-state index contributed by atoms with van der Waals surface area (Å²) in [5, 5.41) is 15.3. The molecule has 0 amide bonds. The lowest BCUT2D eigenvalue weighted by Crippen LogP contribution is -2.32. The van der Waals surface area contributed by atoms with Gasteiger partial charge in [0.05, 0.1) is 10.4 Å². The Morgan fingerprint density at radius 3 is 2.33 bits per heavy atom. The predicted molar refractivity (Wildman–Crippen MR) is 126 cm³/mol. The maximum Gasteiger partial charge on any atom is 0.289 e. The van der Waals surface area contributed by atoms with Gasteiger partial charge in [0, 0.05) is 24.5 Å². The van der Waals surface area contributed by atoms with Crippen molar-refractivity contribution in [2.24, 2.45) is 11.8 Å².